The molecule has 2 aliphatic heterocycles. The number of aromatic nitrogens is 2. The first kappa shape index (κ1) is 29.4. The molecule has 224 valence electrons. The van der Waals surface area contributed by atoms with Gasteiger partial charge in [-0.05, 0) is 36.8 Å². The molecule has 0 aliphatic carbocycles. The van der Waals surface area contributed by atoms with E-state index in [-0.39, 0.29) is 25.7 Å². The molecule has 2 saturated heterocycles. The van der Waals surface area contributed by atoms with Gasteiger partial charge in [0.15, 0.2) is 11.6 Å². The Bertz CT molecular complexity index is 1420. The summed E-state index contributed by atoms with van der Waals surface area (Å²) in [5.41, 5.74) is 2.33. The molecule has 42 heavy (non-hydrogen) atoms. The highest BCUT2D eigenvalue weighted by molar-refractivity contribution is 5.90. The molecule has 0 bridgehead atoms. The van der Waals surface area contributed by atoms with Gasteiger partial charge in [-0.25, -0.2) is 23.1 Å². The van der Waals surface area contributed by atoms with E-state index in [2.05, 4.69) is 15.5 Å². The molecule has 3 amide bonds. The third-order valence-electron chi connectivity index (χ3n) is 7.78. The maximum absolute atomic E-state index is 14.1. The van der Waals surface area contributed by atoms with Crippen LogP contribution in [0.2, 0.25) is 0 Å². The van der Waals surface area contributed by atoms with E-state index in [0.29, 0.717) is 54.6 Å². The number of benzene rings is 2. The lowest BCUT2D eigenvalue weighted by molar-refractivity contribution is -0.00256. The highest BCUT2D eigenvalue weighted by Gasteiger charge is 2.36. The van der Waals surface area contributed by atoms with Crippen molar-refractivity contribution in [1.29, 1.82) is 0 Å². The standard InChI is InChI=1S/C29H34F2N6O5/c1-18-26(25-17-42-13-11-36(25)29(39)40)34-37(20-6-4-3-5-7-20)27(18)33-28(38)32-24-16-35(10-12-41-2)15-21(24)19-8-9-22(30)23(31)14-19/h3-9,14,21,24-25H,10-13,15-17H2,1-2H3,(H,39,40)(H2,32,33,38)/t21-,24+,25?/m0/s1. The Morgan fingerprint density at radius 2 is 1.93 bits per heavy atom. The van der Waals surface area contributed by atoms with Crippen LogP contribution in [-0.2, 0) is 9.47 Å². The number of nitrogens with one attached hydrogen (secondary N) is 2. The molecule has 2 fully saturated rings. The van der Waals surface area contributed by atoms with Gasteiger partial charge >= 0.3 is 12.1 Å². The Morgan fingerprint density at radius 1 is 1.14 bits per heavy atom. The Balaban J connectivity index is 1.42. The smallest absolute Gasteiger partial charge is 0.408 e. The van der Waals surface area contributed by atoms with Crippen LogP contribution in [0.4, 0.5) is 24.2 Å². The van der Waals surface area contributed by atoms with Crippen molar-refractivity contribution in [3.05, 3.63) is 77.0 Å². The lowest BCUT2D eigenvalue weighted by Gasteiger charge is -2.32. The van der Waals surface area contributed by atoms with E-state index in [1.165, 1.54) is 17.0 Å². The first-order chi connectivity index (χ1) is 20.3. The van der Waals surface area contributed by atoms with Crippen LogP contribution in [0.5, 0.6) is 0 Å². The van der Waals surface area contributed by atoms with Gasteiger partial charge in [-0.3, -0.25) is 15.1 Å². The van der Waals surface area contributed by atoms with Gasteiger partial charge in [-0.2, -0.15) is 5.10 Å². The molecule has 3 aromatic rings. The maximum Gasteiger partial charge on any atom is 0.408 e. The second kappa shape index (κ2) is 12.8. The minimum absolute atomic E-state index is 0.139. The highest BCUT2D eigenvalue weighted by Crippen LogP contribution is 2.33. The number of carbonyl (C=O) groups is 2. The molecular formula is C29H34F2N6O5. The Kier molecular flexibility index (Phi) is 9.00. The number of nitrogens with zero attached hydrogens (tertiary/aromatic N) is 4. The van der Waals surface area contributed by atoms with E-state index < -0.39 is 35.8 Å². The molecule has 0 saturated carbocycles. The van der Waals surface area contributed by atoms with Crippen molar-refractivity contribution in [2.24, 2.45) is 0 Å². The fourth-order valence-electron chi connectivity index (χ4n) is 5.62. The quantitative estimate of drug-likeness (QED) is 0.369. The van der Waals surface area contributed by atoms with Crippen LogP contribution in [0.1, 0.15) is 28.8 Å². The highest BCUT2D eigenvalue weighted by atomic mass is 19.2. The van der Waals surface area contributed by atoms with E-state index in [9.17, 15) is 23.5 Å². The maximum atomic E-state index is 14.1. The zero-order valence-electron chi connectivity index (χ0n) is 23.4. The summed E-state index contributed by atoms with van der Waals surface area (Å²) < 4.78 is 40.2. The predicted molar refractivity (Wildman–Crippen MR) is 150 cm³/mol. The molecule has 5 rings (SSSR count). The van der Waals surface area contributed by atoms with Crippen molar-refractivity contribution in [2.45, 2.75) is 24.9 Å². The number of urea groups is 1. The number of carboxylic acid groups (broad SMARTS) is 1. The Hall–Kier alpha value is -4.07. The van der Waals surface area contributed by atoms with Crippen LogP contribution < -0.4 is 10.6 Å². The Labute approximate surface area is 242 Å². The second-order valence-corrected chi connectivity index (χ2v) is 10.4. The molecule has 11 nitrogen and oxygen atoms in total. The number of rotatable bonds is 8. The second-order valence-electron chi connectivity index (χ2n) is 10.4. The zero-order chi connectivity index (χ0) is 29.8. The Morgan fingerprint density at radius 3 is 2.64 bits per heavy atom. The molecule has 2 aliphatic rings. The molecule has 0 radical (unpaired) electrons. The molecule has 2 aromatic carbocycles. The van der Waals surface area contributed by atoms with Crippen molar-refractivity contribution in [2.75, 3.05) is 58.4 Å². The van der Waals surface area contributed by atoms with Crippen molar-refractivity contribution in [3.63, 3.8) is 0 Å². The van der Waals surface area contributed by atoms with E-state index in [1.54, 1.807) is 18.7 Å². The number of ether oxygens (including phenoxy) is 2. The fraction of sp³-hybridized carbons (Fsp3) is 0.414. The lowest BCUT2D eigenvalue weighted by atomic mass is 9.94. The molecule has 3 heterocycles. The first-order valence-electron chi connectivity index (χ1n) is 13.7. The van der Waals surface area contributed by atoms with Gasteiger partial charge in [0, 0.05) is 44.8 Å². The van der Waals surface area contributed by atoms with Gasteiger partial charge < -0.3 is 19.9 Å². The summed E-state index contributed by atoms with van der Waals surface area (Å²) in [6.45, 7) is 4.51. The predicted octanol–water partition coefficient (Wildman–Crippen LogP) is 3.75. The minimum Gasteiger partial charge on any atom is -0.465 e. The van der Waals surface area contributed by atoms with Gasteiger partial charge in [-0.1, -0.05) is 24.3 Å². The van der Waals surface area contributed by atoms with Crippen LogP contribution in [0.3, 0.4) is 0 Å². The zero-order valence-corrected chi connectivity index (χ0v) is 23.4. The third-order valence-corrected chi connectivity index (χ3v) is 7.78. The number of para-hydroxylation sites is 1. The molecule has 1 unspecified atom stereocenters. The molecule has 1 aromatic heterocycles. The largest absolute Gasteiger partial charge is 0.465 e. The topological polar surface area (TPSA) is 121 Å². The molecule has 3 N–H and O–H groups in total. The van der Waals surface area contributed by atoms with E-state index >= 15 is 0 Å². The fourth-order valence-corrected chi connectivity index (χ4v) is 5.62. The molecular weight excluding hydrogens is 550 g/mol. The lowest BCUT2D eigenvalue weighted by Crippen LogP contribution is -2.43. The summed E-state index contributed by atoms with van der Waals surface area (Å²) >= 11 is 0. The molecule has 0 spiro atoms. The third kappa shape index (κ3) is 6.22. The summed E-state index contributed by atoms with van der Waals surface area (Å²) in [6.07, 6.45) is -1.08. The van der Waals surface area contributed by atoms with Gasteiger partial charge in [-0.15, -0.1) is 0 Å². The van der Waals surface area contributed by atoms with Gasteiger partial charge in [0.1, 0.15) is 11.9 Å². The number of anilines is 1. The van der Waals surface area contributed by atoms with E-state index in [0.717, 1.165) is 6.07 Å². The molecule has 13 heteroatoms. The first-order valence-corrected chi connectivity index (χ1v) is 13.7. The average Bonchev–Trinajstić information content (AvgIpc) is 3.54. The van der Waals surface area contributed by atoms with Gasteiger partial charge in [0.05, 0.1) is 37.2 Å². The summed E-state index contributed by atoms with van der Waals surface area (Å²) in [5, 5.41) is 20.5. The number of carbonyl (C=O) groups excluding carboxylic acids is 1. The SMILES string of the molecule is COCCN1C[C@@H](NC(=O)Nc2c(C)c(C3COCCN3C(=O)O)nn2-c2ccccc2)[C@H](c2ccc(F)c(F)c2)C1. The van der Waals surface area contributed by atoms with Crippen LogP contribution in [0.25, 0.3) is 5.69 Å². The normalized spacial score (nSPS) is 21.0. The molecule has 3 atom stereocenters. The number of halogens is 2. The van der Waals surface area contributed by atoms with Crippen LogP contribution >= 0.6 is 0 Å². The van der Waals surface area contributed by atoms with Gasteiger partial charge in [0.2, 0.25) is 0 Å². The monoisotopic (exact) mass is 584 g/mol. The number of morpholine rings is 1. The van der Waals surface area contributed by atoms with Gasteiger partial charge in [0.25, 0.3) is 0 Å². The van der Waals surface area contributed by atoms with E-state index in [4.69, 9.17) is 14.6 Å². The summed E-state index contributed by atoms with van der Waals surface area (Å²) in [5.74, 6) is -1.78. The summed E-state index contributed by atoms with van der Waals surface area (Å²) in [6, 6.07) is 11.4. The number of hydrogen-bond acceptors (Lipinski definition) is 6. The van der Waals surface area contributed by atoms with E-state index in [1.807, 2.05) is 30.3 Å². The van der Waals surface area contributed by atoms with Crippen molar-refractivity contribution in [3.8, 4) is 5.69 Å². The number of likely N-dealkylation sites (tertiary alicyclic amines) is 1. The number of amides is 3. The summed E-state index contributed by atoms with van der Waals surface area (Å²) in [4.78, 5) is 28.9. The van der Waals surface area contributed by atoms with Crippen LogP contribution in [0.15, 0.2) is 48.5 Å². The van der Waals surface area contributed by atoms with Crippen LogP contribution in [-0.4, -0.2) is 96.0 Å². The van der Waals surface area contributed by atoms with Crippen molar-refractivity contribution < 1.29 is 33.0 Å². The summed E-state index contributed by atoms with van der Waals surface area (Å²) in [7, 11) is 1.60. The van der Waals surface area contributed by atoms with Crippen molar-refractivity contribution in [1.82, 2.24) is 24.9 Å². The van der Waals surface area contributed by atoms with Crippen molar-refractivity contribution >= 4 is 17.9 Å². The average molecular weight is 585 g/mol. The number of hydrogen-bond donors (Lipinski definition) is 3. The van der Waals surface area contributed by atoms with Crippen LogP contribution in [0, 0.1) is 18.6 Å². The minimum atomic E-state index is -1.08. The number of methoxy groups -OCH3 is 1.